The molecule has 0 saturated carbocycles. The largest absolute Gasteiger partial charge is 0.245 e. The normalized spacial score (nSPS) is 11.7. The first kappa shape index (κ1) is 10.2. The Morgan fingerprint density at radius 1 is 1.33 bits per heavy atom. The number of nitrogens with zero attached hydrogens (tertiary/aromatic N) is 2. The van der Waals surface area contributed by atoms with Gasteiger partial charge in [-0.05, 0) is 36.8 Å². The zero-order valence-corrected chi connectivity index (χ0v) is 9.98. The molecule has 0 unspecified atom stereocenters. The van der Waals surface area contributed by atoms with Crippen molar-refractivity contribution < 1.29 is 0 Å². The molecule has 15 heavy (non-hydrogen) atoms. The van der Waals surface area contributed by atoms with E-state index in [2.05, 4.69) is 39.2 Å². The van der Waals surface area contributed by atoms with Crippen molar-refractivity contribution in [1.29, 1.82) is 0 Å². The van der Waals surface area contributed by atoms with Crippen LogP contribution in [0.15, 0.2) is 47.2 Å². The molecule has 0 bridgehead atoms. The highest BCUT2D eigenvalue weighted by atomic mass is 79.9. The Bertz CT molecular complexity index is 455. The Morgan fingerprint density at radius 2 is 2.07 bits per heavy atom. The summed E-state index contributed by atoms with van der Waals surface area (Å²) in [5.41, 5.74) is 2.27. The molecule has 1 aromatic carbocycles. The van der Waals surface area contributed by atoms with Gasteiger partial charge in [-0.2, -0.15) is 5.10 Å². The van der Waals surface area contributed by atoms with Crippen LogP contribution in [0.2, 0.25) is 0 Å². The van der Waals surface area contributed by atoms with Crippen LogP contribution in [-0.2, 0) is 0 Å². The van der Waals surface area contributed by atoms with Crippen LogP contribution in [0.4, 0.5) is 0 Å². The average Bonchev–Trinajstić information content (AvgIpc) is 2.74. The molecular formula is C12H11BrN2. The lowest BCUT2D eigenvalue weighted by Crippen LogP contribution is -1.92. The van der Waals surface area contributed by atoms with E-state index < -0.39 is 0 Å². The van der Waals surface area contributed by atoms with Gasteiger partial charge in [0.1, 0.15) is 0 Å². The first-order chi connectivity index (χ1) is 7.25. The van der Waals surface area contributed by atoms with E-state index in [1.807, 2.05) is 36.0 Å². The van der Waals surface area contributed by atoms with Crippen molar-refractivity contribution in [1.82, 2.24) is 9.78 Å². The second-order valence-corrected chi connectivity index (χ2v) is 4.20. The summed E-state index contributed by atoms with van der Waals surface area (Å²) in [6, 6.07) is 10.1. The number of halogens is 1. The van der Waals surface area contributed by atoms with Crippen molar-refractivity contribution >= 4 is 27.7 Å². The average molecular weight is 263 g/mol. The molecule has 0 saturated heterocycles. The van der Waals surface area contributed by atoms with Crippen molar-refractivity contribution in [2.75, 3.05) is 0 Å². The molecule has 2 aromatic rings. The first-order valence-electron chi connectivity index (χ1n) is 4.69. The lowest BCUT2D eigenvalue weighted by atomic mass is 10.2. The van der Waals surface area contributed by atoms with E-state index in [0.717, 1.165) is 10.2 Å². The highest BCUT2D eigenvalue weighted by Crippen LogP contribution is 2.14. The topological polar surface area (TPSA) is 17.8 Å². The monoisotopic (exact) mass is 262 g/mol. The number of hydrogen-bond donors (Lipinski definition) is 0. The molecule has 0 N–H and O–H groups in total. The molecule has 0 aliphatic rings. The van der Waals surface area contributed by atoms with Crippen LogP contribution in [0.3, 0.4) is 0 Å². The predicted molar refractivity (Wildman–Crippen MR) is 66.2 cm³/mol. The molecule has 0 aliphatic heterocycles. The summed E-state index contributed by atoms with van der Waals surface area (Å²) in [6.07, 6.45) is 5.81. The third kappa shape index (κ3) is 2.57. The summed E-state index contributed by atoms with van der Waals surface area (Å²) in [4.78, 5) is 0. The molecule has 76 valence electrons. The molecule has 0 radical (unpaired) electrons. The van der Waals surface area contributed by atoms with Crippen molar-refractivity contribution in [2.45, 2.75) is 6.92 Å². The zero-order valence-electron chi connectivity index (χ0n) is 8.39. The quantitative estimate of drug-likeness (QED) is 0.808. The minimum atomic E-state index is 1.09. The summed E-state index contributed by atoms with van der Waals surface area (Å²) in [5, 5.41) is 4.17. The Hall–Kier alpha value is -1.35. The van der Waals surface area contributed by atoms with Crippen LogP contribution in [0.1, 0.15) is 12.5 Å². The number of benzene rings is 1. The van der Waals surface area contributed by atoms with E-state index in [-0.39, 0.29) is 0 Å². The third-order valence-electron chi connectivity index (χ3n) is 2.11. The summed E-state index contributed by atoms with van der Waals surface area (Å²) in [7, 11) is 0. The minimum Gasteiger partial charge on any atom is -0.245 e. The second kappa shape index (κ2) is 4.45. The van der Waals surface area contributed by atoms with Gasteiger partial charge in [-0.3, -0.25) is 0 Å². The van der Waals surface area contributed by atoms with Crippen molar-refractivity contribution in [3.05, 3.63) is 52.8 Å². The number of aromatic nitrogens is 2. The second-order valence-electron chi connectivity index (χ2n) is 3.29. The highest BCUT2D eigenvalue weighted by molar-refractivity contribution is 9.10. The molecule has 0 amide bonds. The molecule has 1 aromatic heterocycles. The van der Waals surface area contributed by atoms with Crippen LogP contribution in [0.25, 0.3) is 11.8 Å². The van der Waals surface area contributed by atoms with Gasteiger partial charge in [-0.1, -0.05) is 28.1 Å². The SMILES string of the molecule is C/C(=C/c1ccc(Br)cc1)n1cccn1. The zero-order chi connectivity index (χ0) is 10.7. The summed E-state index contributed by atoms with van der Waals surface area (Å²) in [5.74, 6) is 0. The van der Waals surface area contributed by atoms with Crippen LogP contribution in [0, 0.1) is 0 Å². The van der Waals surface area contributed by atoms with Gasteiger partial charge in [-0.25, -0.2) is 4.68 Å². The molecule has 0 spiro atoms. The molecule has 2 nitrogen and oxygen atoms in total. The molecule has 0 atom stereocenters. The van der Waals surface area contributed by atoms with Gasteiger partial charge in [-0.15, -0.1) is 0 Å². The molecular weight excluding hydrogens is 252 g/mol. The Kier molecular flexibility index (Phi) is 3.02. The summed E-state index contributed by atoms with van der Waals surface area (Å²) < 4.78 is 2.94. The van der Waals surface area contributed by atoms with Crippen LogP contribution < -0.4 is 0 Å². The molecule has 1 heterocycles. The van der Waals surface area contributed by atoms with Crippen molar-refractivity contribution in [3.8, 4) is 0 Å². The van der Waals surface area contributed by atoms with Gasteiger partial charge in [0, 0.05) is 22.6 Å². The maximum Gasteiger partial charge on any atom is 0.0493 e. The molecule has 2 rings (SSSR count). The van der Waals surface area contributed by atoms with Gasteiger partial charge in [0.05, 0.1) is 0 Å². The first-order valence-corrected chi connectivity index (χ1v) is 5.49. The van der Waals surface area contributed by atoms with Gasteiger partial charge < -0.3 is 0 Å². The molecule has 0 fully saturated rings. The van der Waals surface area contributed by atoms with Gasteiger partial charge >= 0.3 is 0 Å². The fourth-order valence-electron chi connectivity index (χ4n) is 1.34. The highest BCUT2D eigenvalue weighted by Gasteiger charge is 1.94. The van der Waals surface area contributed by atoms with Crippen molar-refractivity contribution in [2.24, 2.45) is 0 Å². The number of rotatable bonds is 2. The van der Waals surface area contributed by atoms with E-state index >= 15 is 0 Å². The maximum absolute atomic E-state index is 4.17. The summed E-state index contributed by atoms with van der Waals surface area (Å²) >= 11 is 3.41. The standard InChI is InChI=1S/C12H11BrN2/c1-10(15-8-2-7-14-15)9-11-3-5-12(13)6-4-11/h2-9H,1H3/b10-9-. The van der Waals surface area contributed by atoms with Gasteiger partial charge in [0.15, 0.2) is 0 Å². The number of hydrogen-bond acceptors (Lipinski definition) is 1. The molecule has 0 aliphatic carbocycles. The maximum atomic E-state index is 4.17. The van der Waals surface area contributed by atoms with E-state index in [1.54, 1.807) is 6.20 Å². The van der Waals surface area contributed by atoms with Gasteiger partial charge in [0.2, 0.25) is 0 Å². The molecule has 3 heteroatoms. The van der Waals surface area contributed by atoms with Crippen LogP contribution >= 0.6 is 15.9 Å². The Morgan fingerprint density at radius 3 is 2.67 bits per heavy atom. The van der Waals surface area contributed by atoms with Crippen molar-refractivity contribution in [3.63, 3.8) is 0 Å². The van der Waals surface area contributed by atoms with Gasteiger partial charge in [0.25, 0.3) is 0 Å². The van der Waals surface area contributed by atoms with E-state index in [1.165, 1.54) is 5.56 Å². The smallest absolute Gasteiger partial charge is 0.0493 e. The minimum absolute atomic E-state index is 1.09. The van der Waals surface area contributed by atoms with E-state index in [0.29, 0.717) is 0 Å². The van der Waals surface area contributed by atoms with Crippen LogP contribution in [0.5, 0.6) is 0 Å². The van der Waals surface area contributed by atoms with E-state index in [4.69, 9.17) is 0 Å². The third-order valence-corrected chi connectivity index (χ3v) is 2.64. The summed E-state index contributed by atoms with van der Waals surface area (Å²) in [6.45, 7) is 2.04. The predicted octanol–water partition coefficient (Wildman–Crippen LogP) is 3.66. The lowest BCUT2D eigenvalue weighted by molar-refractivity contribution is 0.900. The van der Waals surface area contributed by atoms with Crippen LogP contribution in [-0.4, -0.2) is 9.78 Å². The fourth-order valence-corrected chi connectivity index (χ4v) is 1.61. The van der Waals surface area contributed by atoms with E-state index in [9.17, 15) is 0 Å². The Balaban J connectivity index is 2.27. The Labute approximate surface area is 97.4 Å². The number of allylic oxidation sites excluding steroid dienone is 1. The fraction of sp³-hybridized carbons (Fsp3) is 0.0833. The lowest BCUT2D eigenvalue weighted by Gasteiger charge is -2.01.